The Kier molecular flexibility index (Phi) is 7.17. The second-order valence-corrected chi connectivity index (χ2v) is 1.98. The van der Waals surface area contributed by atoms with Crippen molar-refractivity contribution in [3.8, 4) is 0 Å². The molecule has 0 aliphatic heterocycles. The Morgan fingerprint density at radius 3 is 2.86 bits per heavy atom. The Morgan fingerprint density at radius 2 is 2.43 bits per heavy atom. The van der Waals surface area contributed by atoms with Gasteiger partial charge in [0.2, 0.25) is 0 Å². The van der Waals surface area contributed by atoms with Crippen LogP contribution in [0.5, 0.6) is 0 Å². The van der Waals surface area contributed by atoms with Gasteiger partial charge in [-0.15, -0.1) is 11.6 Å². The van der Waals surface area contributed by atoms with Gasteiger partial charge in [-0.2, -0.15) is 0 Å². The Hall–Kier alpha value is 0.600. The highest BCUT2D eigenvalue weighted by Crippen LogP contribution is 1.95. The number of rotatable bonds is 4. The molecule has 0 saturated heterocycles. The zero-order valence-electron chi connectivity index (χ0n) is 4.32. The number of alkyl halides is 1. The molecule has 0 N–H and O–H groups in total. The minimum atomic E-state index is 0.695. The molecule has 0 saturated carbocycles. The third-order valence-electron chi connectivity index (χ3n) is 0.479. The molecule has 0 spiro atoms. The van der Waals surface area contributed by atoms with Crippen LogP contribution in [-0.4, -0.2) is 18.7 Å². The van der Waals surface area contributed by atoms with E-state index in [9.17, 15) is 0 Å². The van der Waals surface area contributed by atoms with Gasteiger partial charge in [-0.05, 0) is 18.5 Å². The first-order chi connectivity index (χ1) is 3.41. The van der Waals surface area contributed by atoms with E-state index >= 15 is 0 Å². The first-order valence-corrected chi connectivity index (χ1v) is 3.82. The molecule has 0 heterocycles. The standard InChI is InChI=1S/C4H9ClOS/c1-7-6-4-2-3-5/h2-4H2,1H3. The third-order valence-corrected chi connectivity index (χ3v) is 1.15. The molecule has 0 atom stereocenters. The zero-order valence-corrected chi connectivity index (χ0v) is 5.89. The van der Waals surface area contributed by atoms with E-state index in [1.165, 1.54) is 12.0 Å². The van der Waals surface area contributed by atoms with Crippen LogP contribution in [0.2, 0.25) is 0 Å². The van der Waals surface area contributed by atoms with Gasteiger partial charge in [0.1, 0.15) is 0 Å². The zero-order chi connectivity index (χ0) is 5.54. The monoisotopic (exact) mass is 140 g/mol. The molecule has 0 aliphatic carbocycles. The summed E-state index contributed by atoms with van der Waals surface area (Å²) in [7, 11) is 0. The summed E-state index contributed by atoms with van der Waals surface area (Å²) in [5, 5.41) is 0. The minimum Gasteiger partial charge on any atom is -0.316 e. The van der Waals surface area contributed by atoms with Gasteiger partial charge in [0, 0.05) is 12.1 Å². The number of halogens is 1. The van der Waals surface area contributed by atoms with Gasteiger partial charge in [0.25, 0.3) is 0 Å². The van der Waals surface area contributed by atoms with Crippen molar-refractivity contribution in [2.75, 3.05) is 18.7 Å². The largest absolute Gasteiger partial charge is 0.316 e. The fourth-order valence-electron chi connectivity index (χ4n) is 0.197. The van der Waals surface area contributed by atoms with Crippen LogP contribution >= 0.6 is 23.6 Å². The van der Waals surface area contributed by atoms with Gasteiger partial charge >= 0.3 is 0 Å². The molecule has 0 aliphatic rings. The Labute approximate surface area is 53.6 Å². The van der Waals surface area contributed by atoms with Crippen LogP contribution in [-0.2, 0) is 4.18 Å². The van der Waals surface area contributed by atoms with Gasteiger partial charge in [-0.3, -0.25) is 0 Å². The normalized spacial score (nSPS) is 9.43. The Morgan fingerprint density at radius 1 is 1.71 bits per heavy atom. The summed E-state index contributed by atoms with van der Waals surface area (Å²) in [6.45, 7) is 0.769. The molecule has 0 bridgehead atoms. The molecule has 44 valence electrons. The molecule has 0 aromatic heterocycles. The van der Waals surface area contributed by atoms with Crippen LogP contribution in [0.1, 0.15) is 6.42 Å². The van der Waals surface area contributed by atoms with Crippen LogP contribution in [0.3, 0.4) is 0 Å². The average molecular weight is 141 g/mol. The highest BCUT2D eigenvalue weighted by atomic mass is 35.5. The second kappa shape index (κ2) is 6.60. The molecule has 1 nitrogen and oxygen atoms in total. The average Bonchev–Trinajstić information content (AvgIpc) is 1.69. The summed E-state index contributed by atoms with van der Waals surface area (Å²) in [6, 6.07) is 0. The fourth-order valence-corrected chi connectivity index (χ4v) is 0.590. The molecule has 0 unspecified atom stereocenters. The highest BCUT2D eigenvalue weighted by Gasteiger charge is 1.80. The summed E-state index contributed by atoms with van der Waals surface area (Å²) in [4.78, 5) is 0. The summed E-state index contributed by atoms with van der Waals surface area (Å²) in [5.74, 6) is 0.695. The van der Waals surface area contributed by atoms with Crippen molar-refractivity contribution in [2.24, 2.45) is 0 Å². The molecule has 0 rings (SSSR count). The predicted octanol–water partition coefficient (Wildman–Crippen LogP) is 1.91. The van der Waals surface area contributed by atoms with E-state index in [2.05, 4.69) is 0 Å². The quantitative estimate of drug-likeness (QED) is 0.335. The van der Waals surface area contributed by atoms with Crippen LogP contribution in [0.25, 0.3) is 0 Å². The maximum Gasteiger partial charge on any atom is 0.0625 e. The topological polar surface area (TPSA) is 9.23 Å². The number of hydrogen-bond acceptors (Lipinski definition) is 2. The van der Waals surface area contributed by atoms with Gasteiger partial charge in [0.15, 0.2) is 0 Å². The van der Waals surface area contributed by atoms with E-state index < -0.39 is 0 Å². The first-order valence-electron chi connectivity index (χ1n) is 2.13. The van der Waals surface area contributed by atoms with E-state index in [1.54, 1.807) is 0 Å². The van der Waals surface area contributed by atoms with Crippen molar-refractivity contribution in [1.82, 2.24) is 0 Å². The number of hydrogen-bond donors (Lipinski definition) is 0. The lowest BCUT2D eigenvalue weighted by Gasteiger charge is -1.92. The second-order valence-electron chi connectivity index (χ2n) is 1.03. The molecular formula is C4H9ClOS. The van der Waals surface area contributed by atoms with Crippen LogP contribution in [0, 0.1) is 0 Å². The van der Waals surface area contributed by atoms with Gasteiger partial charge in [-0.25, -0.2) is 0 Å². The van der Waals surface area contributed by atoms with Gasteiger partial charge in [0.05, 0.1) is 6.61 Å². The SMILES string of the molecule is CSOCCCCl. The molecular weight excluding hydrogens is 132 g/mol. The maximum absolute atomic E-state index is 5.35. The van der Waals surface area contributed by atoms with Crippen LogP contribution in [0.4, 0.5) is 0 Å². The molecule has 0 aromatic rings. The van der Waals surface area contributed by atoms with Crippen molar-refractivity contribution in [3.05, 3.63) is 0 Å². The van der Waals surface area contributed by atoms with Crippen molar-refractivity contribution in [2.45, 2.75) is 6.42 Å². The van der Waals surface area contributed by atoms with E-state index in [-0.39, 0.29) is 0 Å². The Balaban J connectivity index is 2.45. The van der Waals surface area contributed by atoms with Gasteiger partial charge < -0.3 is 4.18 Å². The molecule has 0 amide bonds. The lowest BCUT2D eigenvalue weighted by atomic mass is 10.5. The molecule has 0 radical (unpaired) electrons. The van der Waals surface area contributed by atoms with Crippen molar-refractivity contribution in [3.63, 3.8) is 0 Å². The minimum absolute atomic E-state index is 0.695. The van der Waals surface area contributed by atoms with Gasteiger partial charge in [-0.1, -0.05) is 0 Å². The third kappa shape index (κ3) is 6.60. The smallest absolute Gasteiger partial charge is 0.0625 e. The fraction of sp³-hybridized carbons (Fsp3) is 1.00. The van der Waals surface area contributed by atoms with E-state index in [0.717, 1.165) is 13.0 Å². The summed E-state index contributed by atoms with van der Waals surface area (Å²) < 4.78 is 4.91. The van der Waals surface area contributed by atoms with E-state index in [0.29, 0.717) is 5.88 Å². The van der Waals surface area contributed by atoms with Crippen LogP contribution < -0.4 is 0 Å². The van der Waals surface area contributed by atoms with Crippen molar-refractivity contribution >= 4 is 23.6 Å². The molecule has 0 fully saturated rings. The summed E-state index contributed by atoms with van der Waals surface area (Å²) in [5.41, 5.74) is 0. The Bertz CT molecular complexity index is 30.9. The van der Waals surface area contributed by atoms with E-state index in [4.69, 9.17) is 15.8 Å². The lowest BCUT2D eigenvalue weighted by molar-refractivity contribution is 0.376. The summed E-state index contributed by atoms with van der Waals surface area (Å²) >= 11 is 6.73. The molecule has 3 heteroatoms. The molecule has 0 aromatic carbocycles. The maximum atomic E-state index is 5.35. The van der Waals surface area contributed by atoms with E-state index in [1.807, 2.05) is 6.26 Å². The van der Waals surface area contributed by atoms with Crippen molar-refractivity contribution < 1.29 is 4.18 Å². The van der Waals surface area contributed by atoms with Crippen LogP contribution in [0.15, 0.2) is 0 Å². The summed E-state index contributed by atoms with van der Waals surface area (Å²) in [6.07, 6.45) is 2.84. The lowest BCUT2D eigenvalue weighted by Crippen LogP contribution is -1.85. The van der Waals surface area contributed by atoms with Crippen molar-refractivity contribution in [1.29, 1.82) is 0 Å². The first kappa shape index (κ1) is 7.60. The highest BCUT2D eigenvalue weighted by molar-refractivity contribution is 7.93. The predicted molar refractivity (Wildman–Crippen MR) is 34.8 cm³/mol. The molecule has 7 heavy (non-hydrogen) atoms.